The molecule has 4 nitrogen and oxygen atoms in total. The van der Waals surface area contributed by atoms with Gasteiger partial charge in [0.05, 0.1) is 5.52 Å². The maximum Gasteiger partial charge on any atom is 0.451 e. The Labute approximate surface area is 161 Å². The van der Waals surface area contributed by atoms with Crippen molar-refractivity contribution in [2.75, 3.05) is 0 Å². The van der Waals surface area contributed by atoms with Gasteiger partial charge in [0.2, 0.25) is 5.82 Å². The molecular formula is C19H16F6N4. The fourth-order valence-corrected chi connectivity index (χ4v) is 3.95. The predicted octanol–water partition coefficient (Wildman–Crippen LogP) is 4.70. The lowest BCUT2D eigenvalue weighted by Crippen LogP contribution is -2.36. The lowest BCUT2D eigenvalue weighted by Gasteiger charge is -2.35. The van der Waals surface area contributed by atoms with Crippen molar-refractivity contribution in [3.63, 3.8) is 0 Å². The van der Waals surface area contributed by atoms with Gasteiger partial charge in [-0.05, 0) is 30.9 Å². The summed E-state index contributed by atoms with van der Waals surface area (Å²) in [6.07, 6.45) is 0.978. The van der Waals surface area contributed by atoms with Crippen LogP contribution in [-0.4, -0.2) is 20.6 Å². The summed E-state index contributed by atoms with van der Waals surface area (Å²) in [6, 6.07) is 0.681. The van der Waals surface area contributed by atoms with E-state index in [4.69, 9.17) is 5.73 Å². The van der Waals surface area contributed by atoms with Crippen LogP contribution in [0.5, 0.6) is 0 Å². The Kier molecular flexibility index (Phi) is 4.76. The molecule has 1 aliphatic carbocycles. The molecule has 3 atom stereocenters. The summed E-state index contributed by atoms with van der Waals surface area (Å²) in [4.78, 5) is 6.90. The van der Waals surface area contributed by atoms with Gasteiger partial charge in [-0.1, -0.05) is 0 Å². The molecule has 1 saturated carbocycles. The number of nitrogens with zero attached hydrogens (tertiary/aromatic N) is 3. The van der Waals surface area contributed by atoms with E-state index in [2.05, 4.69) is 9.97 Å². The highest BCUT2D eigenvalue weighted by atomic mass is 19.4. The van der Waals surface area contributed by atoms with Crippen molar-refractivity contribution < 1.29 is 26.3 Å². The summed E-state index contributed by atoms with van der Waals surface area (Å²) < 4.78 is 80.9. The molecule has 0 aliphatic heterocycles. The lowest BCUT2D eigenvalue weighted by molar-refractivity contribution is -0.144. The molecule has 3 aromatic rings. The summed E-state index contributed by atoms with van der Waals surface area (Å²) in [5.41, 5.74) is 6.40. The molecule has 4 rings (SSSR count). The van der Waals surface area contributed by atoms with E-state index in [1.807, 2.05) is 0 Å². The van der Waals surface area contributed by atoms with E-state index < -0.39 is 41.4 Å². The van der Waals surface area contributed by atoms with Gasteiger partial charge in [0.15, 0.2) is 11.6 Å². The molecule has 1 aliphatic rings. The van der Waals surface area contributed by atoms with E-state index in [1.165, 1.54) is 6.20 Å². The molecule has 154 valence electrons. The number of hydrogen-bond donors (Lipinski definition) is 1. The van der Waals surface area contributed by atoms with Crippen LogP contribution in [0.1, 0.15) is 42.6 Å². The number of alkyl halides is 3. The normalized spacial score (nSPS) is 22.9. The first-order valence-electron chi connectivity index (χ1n) is 8.95. The minimum absolute atomic E-state index is 0.0354. The van der Waals surface area contributed by atoms with Gasteiger partial charge in [-0.3, -0.25) is 0 Å². The van der Waals surface area contributed by atoms with Gasteiger partial charge in [0, 0.05) is 48.0 Å². The Balaban J connectivity index is 1.56. The summed E-state index contributed by atoms with van der Waals surface area (Å²) in [5, 5.41) is 0.459. The largest absolute Gasteiger partial charge is 0.451 e. The summed E-state index contributed by atoms with van der Waals surface area (Å²) in [5.74, 6) is -4.93. The third-order valence-electron chi connectivity index (χ3n) is 5.39. The molecule has 0 amide bonds. The molecule has 0 unspecified atom stereocenters. The number of nitrogens with two attached hydrogens (primary N) is 1. The number of rotatable bonds is 2. The van der Waals surface area contributed by atoms with Crippen molar-refractivity contribution in [3.05, 3.63) is 59.6 Å². The maximum atomic E-state index is 14.1. The highest BCUT2D eigenvalue weighted by molar-refractivity contribution is 5.77. The first kappa shape index (κ1) is 19.7. The van der Waals surface area contributed by atoms with Gasteiger partial charge in [0.25, 0.3) is 0 Å². The molecule has 1 fully saturated rings. The van der Waals surface area contributed by atoms with Gasteiger partial charge >= 0.3 is 6.18 Å². The van der Waals surface area contributed by atoms with Crippen molar-refractivity contribution in [2.45, 2.75) is 43.4 Å². The molecule has 10 heteroatoms. The van der Waals surface area contributed by atoms with Crippen LogP contribution in [0.3, 0.4) is 0 Å². The van der Waals surface area contributed by atoms with E-state index in [1.54, 1.807) is 10.8 Å². The number of benzene rings is 1. The summed E-state index contributed by atoms with van der Waals surface area (Å²) in [6.45, 7) is 0. The van der Waals surface area contributed by atoms with Gasteiger partial charge in [-0.15, -0.1) is 0 Å². The SMILES string of the molecule is N[C@H]1C[C@@H](n2cc3cnc(C(F)(F)F)nc3c2)CC[C@@H]1c1cc(F)c(F)cc1F. The highest BCUT2D eigenvalue weighted by Gasteiger charge is 2.35. The maximum absolute atomic E-state index is 14.1. The Hall–Kier alpha value is -2.62. The van der Waals surface area contributed by atoms with Crippen LogP contribution in [0.2, 0.25) is 0 Å². The molecule has 2 heterocycles. The van der Waals surface area contributed by atoms with Crippen molar-refractivity contribution >= 4 is 10.9 Å². The average molecular weight is 414 g/mol. The predicted molar refractivity (Wildman–Crippen MR) is 92.5 cm³/mol. The van der Waals surface area contributed by atoms with Crippen LogP contribution < -0.4 is 5.73 Å². The quantitative estimate of drug-likeness (QED) is 0.488. The molecule has 0 radical (unpaired) electrons. The van der Waals surface area contributed by atoms with Gasteiger partial charge in [-0.25, -0.2) is 23.1 Å². The fourth-order valence-electron chi connectivity index (χ4n) is 3.95. The number of halogens is 6. The molecular weight excluding hydrogens is 398 g/mol. The van der Waals surface area contributed by atoms with Crippen LogP contribution >= 0.6 is 0 Å². The minimum Gasteiger partial charge on any atom is -0.348 e. The zero-order valence-electron chi connectivity index (χ0n) is 14.9. The molecule has 29 heavy (non-hydrogen) atoms. The van der Waals surface area contributed by atoms with Crippen molar-refractivity contribution in [2.24, 2.45) is 5.73 Å². The third kappa shape index (κ3) is 3.68. The highest BCUT2D eigenvalue weighted by Crippen LogP contribution is 2.39. The average Bonchev–Trinajstić information content (AvgIpc) is 3.07. The zero-order chi connectivity index (χ0) is 20.9. The molecule has 0 spiro atoms. The minimum atomic E-state index is -4.63. The van der Waals surface area contributed by atoms with Gasteiger partial charge in [0.1, 0.15) is 5.82 Å². The first-order chi connectivity index (χ1) is 13.6. The molecule has 2 N–H and O–H groups in total. The van der Waals surface area contributed by atoms with Gasteiger partial charge < -0.3 is 10.3 Å². The standard InChI is InChI=1S/C19H16F6N4/c20-13-5-15(22)14(21)4-12(13)11-2-1-10(3-16(11)26)29-7-9-6-27-18(19(23,24)25)28-17(9)8-29/h4-8,10-11,16H,1-3,26H2/t10-,11+,16-/m0/s1. The van der Waals surface area contributed by atoms with E-state index >= 15 is 0 Å². The number of aromatic nitrogens is 3. The van der Waals surface area contributed by atoms with E-state index in [-0.39, 0.29) is 17.1 Å². The third-order valence-corrected chi connectivity index (χ3v) is 5.39. The Morgan fingerprint density at radius 1 is 1.00 bits per heavy atom. The second-order valence-electron chi connectivity index (χ2n) is 7.26. The van der Waals surface area contributed by atoms with E-state index in [0.717, 1.165) is 12.3 Å². The fraction of sp³-hybridized carbons (Fsp3) is 0.368. The van der Waals surface area contributed by atoms with Crippen LogP contribution in [-0.2, 0) is 6.18 Å². The van der Waals surface area contributed by atoms with E-state index in [0.29, 0.717) is 30.7 Å². The van der Waals surface area contributed by atoms with Crippen LogP contribution in [0.4, 0.5) is 26.3 Å². The van der Waals surface area contributed by atoms with Crippen molar-refractivity contribution in [1.82, 2.24) is 14.5 Å². The van der Waals surface area contributed by atoms with Crippen LogP contribution in [0, 0.1) is 17.5 Å². The smallest absolute Gasteiger partial charge is 0.348 e. The van der Waals surface area contributed by atoms with Crippen LogP contribution in [0.25, 0.3) is 10.9 Å². The summed E-state index contributed by atoms with van der Waals surface area (Å²) >= 11 is 0. The van der Waals surface area contributed by atoms with E-state index in [9.17, 15) is 26.3 Å². The Bertz CT molecular complexity index is 1060. The van der Waals surface area contributed by atoms with Crippen molar-refractivity contribution in [1.29, 1.82) is 0 Å². The van der Waals surface area contributed by atoms with Crippen LogP contribution in [0.15, 0.2) is 30.7 Å². The zero-order valence-corrected chi connectivity index (χ0v) is 14.9. The van der Waals surface area contributed by atoms with Crippen molar-refractivity contribution in [3.8, 4) is 0 Å². The number of hydrogen-bond acceptors (Lipinski definition) is 3. The Morgan fingerprint density at radius 2 is 1.72 bits per heavy atom. The monoisotopic (exact) mass is 414 g/mol. The molecule has 2 aromatic heterocycles. The molecule has 0 bridgehead atoms. The Morgan fingerprint density at radius 3 is 2.41 bits per heavy atom. The second kappa shape index (κ2) is 7.01. The lowest BCUT2D eigenvalue weighted by atomic mass is 9.78. The summed E-state index contributed by atoms with van der Waals surface area (Å²) in [7, 11) is 0. The topological polar surface area (TPSA) is 56.7 Å². The molecule has 0 saturated heterocycles. The van der Waals surface area contributed by atoms with Gasteiger partial charge in [-0.2, -0.15) is 13.2 Å². The number of fused-ring (bicyclic) bond motifs is 1. The second-order valence-corrected chi connectivity index (χ2v) is 7.26. The molecule has 1 aromatic carbocycles. The first-order valence-corrected chi connectivity index (χ1v) is 8.95.